The third-order valence-electron chi connectivity index (χ3n) is 2.40. The maximum atomic E-state index is 11.1. The van der Waals surface area contributed by atoms with Crippen LogP contribution >= 0.6 is 0 Å². The van der Waals surface area contributed by atoms with Crippen molar-refractivity contribution in [2.75, 3.05) is 6.61 Å². The smallest absolute Gasteiger partial charge is 0.330 e. The lowest BCUT2D eigenvalue weighted by atomic mass is 10.1. The van der Waals surface area contributed by atoms with Gasteiger partial charge in [0.25, 0.3) is 0 Å². The number of hydrogen-bond acceptors (Lipinski definition) is 2. The van der Waals surface area contributed by atoms with E-state index in [4.69, 9.17) is 4.74 Å². The van der Waals surface area contributed by atoms with E-state index in [-0.39, 0.29) is 5.97 Å². The van der Waals surface area contributed by atoms with Gasteiger partial charge in [0.15, 0.2) is 0 Å². The summed E-state index contributed by atoms with van der Waals surface area (Å²) in [7, 11) is 0. The van der Waals surface area contributed by atoms with Crippen LogP contribution in [0.5, 0.6) is 0 Å². The summed E-state index contributed by atoms with van der Waals surface area (Å²) in [6.07, 6.45) is 15.7. The first-order valence-electron chi connectivity index (χ1n) is 6.81. The number of unbranched alkanes of at least 4 members (excludes halogenated alkanes) is 5. The molecule has 0 aromatic rings. The Morgan fingerprint density at radius 1 is 1.00 bits per heavy atom. The van der Waals surface area contributed by atoms with Crippen molar-refractivity contribution >= 4 is 5.97 Å². The average molecular weight is 238 g/mol. The van der Waals surface area contributed by atoms with Crippen LogP contribution in [-0.4, -0.2) is 12.6 Å². The molecule has 17 heavy (non-hydrogen) atoms. The molecule has 98 valence electrons. The molecule has 0 aromatic carbocycles. The molecule has 0 unspecified atom stereocenters. The van der Waals surface area contributed by atoms with Gasteiger partial charge in [-0.2, -0.15) is 0 Å². The zero-order valence-electron chi connectivity index (χ0n) is 11.3. The molecule has 0 spiro atoms. The summed E-state index contributed by atoms with van der Waals surface area (Å²) in [6, 6.07) is 0. The molecule has 0 aliphatic rings. The van der Waals surface area contributed by atoms with E-state index in [9.17, 15) is 4.79 Å². The van der Waals surface area contributed by atoms with Gasteiger partial charge < -0.3 is 4.74 Å². The summed E-state index contributed by atoms with van der Waals surface area (Å²) in [5.41, 5.74) is 0. The van der Waals surface area contributed by atoms with Crippen molar-refractivity contribution in [2.45, 2.75) is 58.8 Å². The number of carbonyl (C=O) groups is 1. The van der Waals surface area contributed by atoms with Crippen LogP contribution in [0.15, 0.2) is 24.3 Å². The molecule has 0 saturated carbocycles. The molecule has 0 saturated heterocycles. The number of allylic oxidation sites excluding steroid dienone is 3. The van der Waals surface area contributed by atoms with E-state index >= 15 is 0 Å². The maximum Gasteiger partial charge on any atom is 0.330 e. The molecule has 0 aromatic heterocycles. The highest BCUT2D eigenvalue weighted by atomic mass is 16.5. The van der Waals surface area contributed by atoms with E-state index < -0.39 is 0 Å². The van der Waals surface area contributed by atoms with Crippen molar-refractivity contribution < 1.29 is 9.53 Å². The Labute approximate surface area is 106 Å². The summed E-state index contributed by atoms with van der Waals surface area (Å²) in [5.74, 6) is -0.251. The van der Waals surface area contributed by atoms with Crippen LogP contribution in [0.1, 0.15) is 58.8 Å². The minimum atomic E-state index is -0.251. The van der Waals surface area contributed by atoms with Gasteiger partial charge in [0, 0.05) is 6.08 Å². The summed E-state index contributed by atoms with van der Waals surface area (Å²) in [6.45, 7) is 4.71. The van der Waals surface area contributed by atoms with Crippen molar-refractivity contribution in [1.29, 1.82) is 0 Å². The molecule has 2 heteroatoms. The molecule has 2 nitrogen and oxygen atoms in total. The highest BCUT2D eigenvalue weighted by Crippen LogP contribution is 2.05. The Bertz CT molecular complexity index is 229. The van der Waals surface area contributed by atoms with E-state index in [2.05, 4.69) is 13.0 Å². The van der Waals surface area contributed by atoms with Gasteiger partial charge in [-0.1, -0.05) is 57.8 Å². The summed E-state index contributed by atoms with van der Waals surface area (Å²) in [4.78, 5) is 11.1. The van der Waals surface area contributed by atoms with E-state index in [1.165, 1.54) is 38.2 Å². The summed E-state index contributed by atoms with van der Waals surface area (Å²) >= 11 is 0. The molecule has 0 aliphatic heterocycles. The molecule has 0 N–H and O–H groups in total. The first-order chi connectivity index (χ1) is 8.31. The third-order valence-corrected chi connectivity index (χ3v) is 2.40. The number of rotatable bonds is 10. The molecule has 0 radical (unpaired) electrons. The molecule has 0 heterocycles. The van der Waals surface area contributed by atoms with Crippen LogP contribution in [0.3, 0.4) is 0 Å². The monoisotopic (exact) mass is 238 g/mol. The first-order valence-corrected chi connectivity index (χ1v) is 6.81. The standard InChI is InChI=1S/C15H26O2/c1-3-5-6-7-8-9-10-11-12-13-15(16)17-14-4-2/h10-13H,3-9,14H2,1-2H3/b11-10-,13-12+. The minimum Gasteiger partial charge on any atom is -0.463 e. The van der Waals surface area contributed by atoms with Gasteiger partial charge in [0.05, 0.1) is 6.61 Å². The van der Waals surface area contributed by atoms with Crippen LogP contribution in [0, 0.1) is 0 Å². The largest absolute Gasteiger partial charge is 0.463 e. The van der Waals surface area contributed by atoms with Crippen LogP contribution < -0.4 is 0 Å². The molecular formula is C15H26O2. The molecule has 0 atom stereocenters. The van der Waals surface area contributed by atoms with Gasteiger partial charge in [-0.3, -0.25) is 0 Å². The Morgan fingerprint density at radius 3 is 2.47 bits per heavy atom. The second-order valence-corrected chi connectivity index (χ2v) is 4.16. The Morgan fingerprint density at radius 2 is 1.76 bits per heavy atom. The zero-order valence-corrected chi connectivity index (χ0v) is 11.3. The van der Waals surface area contributed by atoms with Crippen molar-refractivity contribution in [3.63, 3.8) is 0 Å². The van der Waals surface area contributed by atoms with E-state index in [0.29, 0.717) is 6.61 Å². The Kier molecular flexibility index (Phi) is 12.2. The van der Waals surface area contributed by atoms with Gasteiger partial charge in [0.2, 0.25) is 0 Å². The fourth-order valence-corrected chi connectivity index (χ4v) is 1.43. The number of esters is 1. The predicted molar refractivity (Wildman–Crippen MR) is 72.9 cm³/mol. The highest BCUT2D eigenvalue weighted by molar-refractivity contribution is 5.82. The number of ether oxygens (including phenoxy) is 1. The van der Waals surface area contributed by atoms with Gasteiger partial charge in [-0.15, -0.1) is 0 Å². The lowest BCUT2D eigenvalue weighted by Crippen LogP contribution is -2.00. The van der Waals surface area contributed by atoms with Gasteiger partial charge in [-0.25, -0.2) is 4.79 Å². The van der Waals surface area contributed by atoms with Crippen molar-refractivity contribution in [2.24, 2.45) is 0 Å². The molecule has 0 aliphatic carbocycles. The van der Waals surface area contributed by atoms with Crippen LogP contribution in [0.25, 0.3) is 0 Å². The van der Waals surface area contributed by atoms with Crippen LogP contribution in [-0.2, 0) is 9.53 Å². The highest BCUT2D eigenvalue weighted by Gasteiger charge is 1.92. The molecule has 0 rings (SSSR count). The first kappa shape index (κ1) is 16.0. The van der Waals surface area contributed by atoms with Crippen molar-refractivity contribution in [3.8, 4) is 0 Å². The fourth-order valence-electron chi connectivity index (χ4n) is 1.43. The SMILES string of the molecule is CCCCCCC/C=C\C=C\C(=O)OCCC. The second-order valence-electron chi connectivity index (χ2n) is 4.16. The normalized spacial score (nSPS) is 11.4. The van der Waals surface area contributed by atoms with Crippen LogP contribution in [0.2, 0.25) is 0 Å². The van der Waals surface area contributed by atoms with E-state index in [0.717, 1.165) is 12.8 Å². The quantitative estimate of drug-likeness (QED) is 0.244. The third kappa shape index (κ3) is 12.9. The molecule has 0 fully saturated rings. The summed E-state index contributed by atoms with van der Waals surface area (Å²) < 4.78 is 4.90. The summed E-state index contributed by atoms with van der Waals surface area (Å²) in [5, 5.41) is 0. The van der Waals surface area contributed by atoms with Gasteiger partial charge in [-0.05, 0) is 19.3 Å². The maximum absolute atomic E-state index is 11.1. The number of carbonyl (C=O) groups excluding carboxylic acids is 1. The zero-order chi connectivity index (χ0) is 12.8. The molecule has 0 bridgehead atoms. The Hall–Kier alpha value is -1.05. The number of hydrogen-bond donors (Lipinski definition) is 0. The van der Waals surface area contributed by atoms with Crippen molar-refractivity contribution in [3.05, 3.63) is 24.3 Å². The van der Waals surface area contributed by atoms with E-state index in [1.807, 2.05) is 13.0 Å². The van der Waals surface area contributed by atoms with E-state index in [1.54, 1.807) is 6.08 Å². The second kappa shape index (κ2) is 13.0. The topological polar surface area (TPSA) is 26.3 Å². The minimum absolute atomic E-state index is 0.251. The van der Waals surface area contributed by atoms with Gasteiger partial charge in [0.1, 0.15) is 0 Å². The fraction of sp³-hybridized carbons (Fsp3) is 0.667. The van der Waals surface area contributed by atoms with Gasteiger partial charge >= 0.3 is 5.97 Å². The predicted octanol–water partition coefficient (Wildman–Crippen LogP) is 4.41. The average Bonchev–Trinajstić information content (AvgIpc) is 2.34. The lowest BCUT2D eigenvalue weighted by molar-refractivity contribution is -0.137. The Balaban J connectivity index is 3.39. The van der Waals surface area contributed by atoms with Crippen LogP contribution in [0.4, 0.5) is 0 Å². The molecular weight excluding hydrogens is 212 g/mol. The lowest BCUT2D eigenvalue weighted by Gasteiger charge is -1.96. The van der Waals surface area contributed by atoms with Crippen molar-refractivity contribution in [1.82, 2.24) is 0 Å². The molecule has 0 amide bonds.